The van der Waals surface area contributed by atoms with Crippen LogP contribution in [0.1, 0.15) is 5.56 Å². The predicted molar refractivity (Wildman–Crippen MR) is 75.7 cm³/mol. The molecule has 0 atom stereocenters. The minimum Gasteiger partial charge on any atom is -0.493 e. The van der Waals surface area contributed by atoms with E-state index in [-0.39, 0.29) is 5.84 Å². The zero-order chi connectivity index (χ0) is 13.5. The van der Waals surface area contributed by atoms with Gasteiger partial charge in [-0.15, -0.1) is 0 Å². The monoisotopic (exact) mass is 274 g/mol. The van der Waals surface area contributed by atoms with E-state index >= 15 is 0 Å². The van der Waals surface area contributed by atoms with Gasteiger partial charge in [-0.1, -0.05) is 11.8 Å². The number of nitrogens with two attached hydrogens (primary N) is 1. The first-order chi connectivity index (χ1) is 9.25. The number of nitrogen functional groups attached to an aromatic ring is 1. The van der Waals surface area contributed by atoms with Crippen LogP contribution in [0.4, 0.5) is 0 Å². The lowest BCUT2D eigenvalue weighted by Crippen LogP contribution is -2.10. The summed E-state index contributed by atoms with van der Waals surface area (Å²) in [6.07, 6.45) is 3.44. The Balaban J connectivity index is 1.75. The van der Waals surface area contributed by atoms with Crippen LogP contribution in [0.25, 0.3) is 0 Å². The van der Waals surface area contributed by atoms with E-state index in [0.29, 0.717) is 12.2 Å². The van der Waals surface area contributed by atoms with Crippen LogP contribution in [-0.2, 0) is 0 Å². The van der Waals surface area contributed by atoms with Crippen molar-refractivity contribution in [1.29, 1.82) is 5.41 Å². The summed E-state index contributed by atoms with van der Waals surface area (Å²) in [7, 11) is 0. The molecule has 0 radical (unpaired) electrons. The Kier molecular flexibility index (Phi) is 4.74. The number of ether oxygens (including phenoxy) is 1. The van der Waals surface area contributed by atoms with Crippen molar-refractivity contribution in [3.63, 3.8) is 0 Å². The lowest BCUT2D eigenvalue weighted by atomic mass is 10.2. The van der Waals surface area contributed by atoms with E-state index in [0.717, 1.165) is 16.7 Å². The van der Waals surface area contributed by atoms with Crippen LogP contribution < -0.4 is 10.5 Å². The van der Waals surface area contributed by atoms with Crippen molar-refractivity contribution < 1.29 is 4.74 Å². The third kappa shape index (κ3) is 4.26. The molecule has 6 heteroatoms. The average Bonchev–Trinajstić information content (AvgIpc) is 2.45. The van der Waals surface area contributed by atoms with Crippen LogP contribution >= 0.6 is 11.8 Å². The van der Waals surface area contributed by atoms with E-state index in [1.807, 2.05) is 0 Å². The van der Waals surface area contributed by atoms with Gasteiger partial charge in [-0.25, -0.2) is 9.97 Å². The summed E-state index contributed by atoms with van der Waals surface area (Å²) >= 11 is 1.55. The third-order valence-electron chi connectivity index (χ3n) is 2.29. The molecule has 0 fully saturated rings. The fraction of sp³-hybridized carbons (Fsp3) is 0.154. The summed E-state index contributed by atoms with van der Waals surface area (Å²) in [5, 5.41) is 8.04. The van der Waals surface area contributed by atoms with Crippen molar-refractivity contribution in [1.82, 2.24) is 9.97 Å². The average molecular weight is 274 g/mol. The molecule has 1 aromatic carbocycles. The summed E-state index contributed by atoms with van der Waals surface area (Å²) in [4.78, 5) is 8.23. The standard InChI is InChI=1S/C13H14N4OS/c14-12(15)10-2-4-11(5-3-10)18-8-9-19-13-16-6-1-7-17-13/h1-7H,8-9H2,(H3,14,15). The lowest BCUT2D eigenvalue weighted by Gasteiger charge is -2.06. The predicted octanol–water partition coefficient (Wildman–Crippen LogP) is 1.93. The van der Waals surface area contributed by atoms with Crippen molar-refractivity contribution in [2.45, 2.75) is 5.16 Å². The van der Waals surface area contributed by atoms with Gasteiger partial charge < -0.3 is 10.5 Å². The third-order valence-corrected chi connectivity index (χ3v) is 3.13. The quantitative estimate of drug-likeness (QED) is 0.276. The minimum absolute atomic E-state index is 0.0586. The first-order valence-corrected chi connectivity index (χ1v) is 6.71. The molecule has 3 N–H and O–H groups in total. The molecule has 1 heterocycles. The number of benzene rings is 1. The highest BCUT2D eigenvalue weighted by atomic mass is 32.2. The number of thioether (sulfide) groups is 1. The van der Waals surface area contributed by atoms with Gasteiger partial charge in [0.1, 0.15) is 11.6 Å². The van der Waals surface area contributed by atoms with Crippen LogP contribution in [0.2, 0.25) is 0 Å². The SMILES string of the molecule is N=C(N)c1ccc(OCCSc2ncccn2)cc1. The molecule has 0 spiro atoms. The Labute approximate surface area is 115 Å². The highest BCUT2D eigenvalue weighted by Gasteiger charge is 1.99. The summed E-state index contributed by atoms with van der Waals surface area (Å²) in [6.45, 7) is 0.572. The van der Waals surface area contributed by atoms with Crippen LogP contribution in [-0.4, -0.2) is 28.2 Å². The van der Waals surface area contributed by atoms with E-state index in [2.05, 4.69) is 9.97 Å². The number of rotatable bonds is 6. The molecule has 0 bridgehead atoms. The summed E-state index contributed by atoms with van der Waals surface area (Å²) in [5.74, 6) is 1.60. The second kappa shape index (κ2) is 6.75. The van der Waals surface area contributed by atoms with Crippen molar-refractivity contribution in [3.05, 3.63) is 48.3 Å². The second-order valence-electron chi connectivity index (χ2n) is 3.67. The van der Waals surface area contributed by atoms with Gasteiger partial charge in [-0.05, 0) is 30.3 Å². The van der Waals surface area contributed by atoms with Crippen LogP contribution in [0.15, 0.2) is 47.9 Å². The molecular weight excluding hydrogens is 260 g/mol. The van der Waals surface area contributed by atoms with Gasteiger partial charge in [-0.2, -0.15) is 0 Å². The molecule has 0 aliphatic carbocycles. The minimum atomic E-state index is 0.0586. The summed E-state index contributed by atoms with van der Waals surface area (Å²) < 4.78 is 5.57. The highest BCUT2D eigenvalue weighted by Crippen LogP contribution is 2.14. The largest absolute Gasteiger partial charge is 0.493 e. The molecular formula is C13H14N4OS. The molecule has 2 rings (SSSR count). The smallest absolute Gasteiger partial charge is 0.187 e. The molecule has 0 saturated carbocycles. The Morgan fingerprint density at radius 1 is 1.21 bits per heavy atom. The molecule has 0 aliphatic heterocycles. The van der Waals surface area contributed by atoms with Crippen LogP contribution in [0, 0.1) is 5.41 Å². The molecule has 0 aliphatic rings. The molecule has 1 aromatic heterocycles. The molecule has 0 saturated heterocycles. The molecule has 0 amide bonds. The maximum atomic E-state index is 7.29. The lowest BCUT2D eigenvalue weighted by molar-refractivity contribution is 0.344. The molecule has 0 unspecified atom stereocenters. The maximum absolute atomic E-state index is 7.29. The Hall–Kier alpha value is -2.08. The highest BCUT2D eigenvalue weighted by molar-refractivity contribution is 7.99. The Morgan fingerprint density at radius 3 is 2.53 bits per heavy atom. The van der Waals surface area contributed by atoms with Gasteiger partial charge >= 0.3 is 0 Å². The van der Waals surface area contributed by atoms with E-state index < -0.39 is 0 Å². The van der Waals surface area contributed by atoms with Gasteiger partial charge in [-0.3, -0.25) is 5.41 Å². The van der Waals surface area contributed by atoms with Crippen molar-refractivity contribution in [3.8, 4) is 5.75 Å². The van der Waals surface area contributed by atoms with Gasteiger partial charge in [0.05, 0.1) is 6.61 Å². The zero-order valence-electron chi connectivity index (χ0n) is 10.2. The molecule has 5 nitrogen and oxygen atoms in total. The van der Waals surface area contributed by atoms with E-state index in [1.54, 1.807) is 54.5 Å². The molecule has 98 valence electrons. The van der Waals surface area contributed by atoms with Crippen molar-refractivity contribution in [2.24, 2.45) is 5.73 Å². The summed E-state index contributed by atoms with van der Waals surface area (Å²) in [6, 6.07) is 8.94. The van der Waals surface area contributed by atoms with E-state index in [9.17, 15) is 0 Å². The molecule has 2 aromatic rings. The van der Waals surface area contributed by atoms with Gasteiger partial charge in [0, 0.05) is 23.7 Å². The van der Waals surface area contributed by atoms with E-state index in [4.69, 9.17) is 15.9 Å². The van der Waals surface area contributed by atoms with Gasteiger partial charge in [0.25, 0.3) is 0 Å². The number of hydrogen-bond donors (Lipinski definition) is 2. The number of hydrogen-bond acceptors (Lipinski definition) is 5. The van der Waals surface area contributed by atoms with E-state index in [1.165, 1.54) is 0 Å². The van der Waals surface area contributed by atoms with Crippen LogP contribution in [0.5, 0.6) is 5.75 Å². The topological polar surface area (TPSA) is 84.9 Å². The second-order valence-corrected chi connectivity index (χ2v) is 4.73. The van der Waals surface area contributed by atoms with Crippen molar-refractivity contribution >= 4 is 17.6 Å². The number of aromatic nitrogens is 2. The Bertz CT molecular complexity index is 530. The van der Waals surface area contributed by atoms with Crippen LogP contribution in [0.3, 0.4) is 0 Å². The number of nitrogens with one attached hydrogen (secondary N) is 1. The first-order valence-electron chi connectivity index (χ1n) is 5.73. The Morgan fingerprint density at radius 2 is 1.89 bits per heavy atom. The molecule has 19 heavy (non-hydrogen) atoms. The van der Waals surface area contributed by atoms with Gasteiger partial charge in [0.2, 0.25) is 0 Å². The first kappa shape index (κ1) is 13.4. The zero-order valence-corrected chi connectivity index (χ0v) is 11.1. The number of nitrogens with zero attached hydrogens (tertiary/aromatic N) is 2. The van der Waals surface area contributed by atoms with Gasteiger partial charge in [0.15, 0.2) is 5.16 Å². The number of amidine groups is 1. The normalized spacial score (nSPS) is 10.1. The fourth-order valence-electron chi connectivity index (χ4n) is 1.38. The maximum Gasteiger partial charge on any atom is 0.187 e. The fourth-order valence-corrected chi connectivity index (χ4v) is 2.00. The van der Waals surface area contributed by atoms with Crippen molar-refractivity contribution in [2.75, 3.05) is 12.4 Å². The summed E-state index contributed by atoms with van der Waals surface area (Å²) in [5.41, 5.74) is 6.07.